The first-order valence-electron chi connectivity index (χ1n) is 41.3. The summed E-state index contributed by atoms with van der Waals surface area (Å²) in [5.74, 6) is 1.04. The molecule has 0 radical (unpaired) electrons. The molecule has 0 spiro atoms. The summed E-state index contributed by atoms with van der Waals surface area (Å²) in [4.78, 5) is 72.9. The van der Waals surface area contributed by atoms with Crippen LogP contribution in [-0.2, 0) is 65.4 Å². The van der Waals surface area contributed by atoms with E-state index in [-0.39, 0.29) is 25.7 Å². The summed E-state index contributed by atoms with van der Waals surface area (Å²) in [6.45, 7) is 14.3. The summed E-state index contributed by atoms with van der Waals surface area (Å²) in [5, 5.41) is 10.6. The van der Waals surface area contributed by atoms with Crippen LogP contribution in [0.15, 0.2) is 0 Å². The highest BCUT2D eigenvalue weighted by Gasteiger charge is 2.30. The van der Waals surface area contributed by atoms with Crippen molar-refractivity contribution in [2.75, 3.05) is 39.6 Å². The predicted molar refractivity (Wildman–Crippen MR) is 404 cm³/mol. The average Bonchev–Trinajstić information content (AvgIpc) is 1.01. The molecule has 5 unspecified atom stereocenters. The molecular formula is C80H156O17P2. The molecule has 17 nitrogen and oxygen atoms in total. The van der Waals surface area contributed by atoms with Gasteiger partial charge in [-0.25, -0.2) is 9.13 Å². The summed E-state index contributed by atoms with van der Waals surface area (Å²) in [5.41, 5.74) is 0. The van der Waals surface area contributed by atoms with E-state index in [4.69, 9.17) is 37.0 Å². The second-order valence-corrected chi connectivity index (χ2v) is 32.9. The highest BCUT2D eigenvalue weighted by atomic mass is 31.2. The molecule has 0 aromatic heterocycles. The van der Waals surface area contributed by atoms with Crippen molar-refractivity contribution in [1.82, 2.24) is 0 Å². The van der Waals surface area contributed by atoms with Gasteiger partial charge in [0.25, 0.3) is 0 Å². The summed E-state index contributed by atoms with van der Waals surface area (Å²) in [7, 11) is -9.92. The van der Waals surface area contributed by atoms with Crippen LogP contribution in [0, 0.1) is 23.7 Å². The van der Waals surface area contributed by atoms with Gasteiger partial charge in [0.2, 0.25) is 0 Å². The number of hydrogen-bond acceptors (Lipinski definition) is 15. The van der Waals surface area contributed by atoms with Crippen LogP contribution in [0.1, 0.15) is 409 Å². The molecule has 0 amide bonds. The normalized spacial score (nSPS) is 14.9. The Kier molecular flexibility index (Phi) is 67.8. The van der Waals surface area contributed by atoms with E-state index < -0.39 is 97.5 Å². The van der Waals surface area contributed by atoms with Crippen molar-refractivity contribution < 1.29 is 80.2 Å². The first-order chi connectivity index (χ1) is 47.7. The number of carbonyl (C=O) groups excluding carboxylic acids is 4. The number of phosphoric ester groups is 2. The van der Waals surface area contributed by atoms with Gasteiger partial charge in [0.05, 0.1) is 26.4 Å². The lowest BCUT2D eigenvalue weighted by molar-refractivity contribution is -0.161. The topological polar surface area (TPSA) is 237 Å². The molecule has 0 saturated carbocycles. The molecular weight excluding hydrogens is 1290 g/mol. The Morgan fingerprint density at radius 2 is 0.485 bits per heavy atom. The van der Waals surface area contributed by atoms with Crippen LogP contribution in [0.4, 0.5) is 0 Å². The number of phosphoric acid groups is 2. The molecule has 3 N–H and O–H groups in total. The van der Waals surface area contributed by atoms with Gasteiger partial charge in [-0.3, -0.25) is 37.3 Å². The van der Waals surface area contributed by atoms with Crippen molar-refractivity contribution in [2.45, 2.75) is 427 Å². The maximum absolute atomic E-state index is 13.1. The number of carbonyl (C=O) groups is 4. The lowest BCUT2D eigenvalue weighted by Crippen LogP contribution is -2.30. The molecule has 0 aromatic rings. The fourth-order valence-corrected chi connectivity index (χ4v) is 13.7. The van der Waals surface area contributed by atoms with Gasteiger partial charge in [-0.2, -0.15) is 0 Å². The standard InChI is InChI=1S/C80H156O17P2/c1-9-71(6)57-49-41-32-26-20-18-16-14-12-13-15-17-19-21-30-36-46-54-62-79(84)96-75(66-90-77(82)60-52-44-35-29-24-22-27-33-42-50-58-72(7)10-2)68-94-98(86,87)92-64-74(81)65-93-99(88,89)95-69-76(67-91-78(83)61-53-45-39-38-40-48-56-70(4)5)97-80(85)63-55-47-37-31-25-23-28-34-43-51-59-73(8)11-3/h70-76,81H,9-69H2,1-8H3,(H,86,87)(H,88,89)/t71?,72?,73?,74-,75-,76-/m1/s1. The zero-order chi connectivity index (χ0) is 73.1. The average molecular weight is 1450 g/mol. The Morgan fingerprint density at radius 3 is 0.717 bits per heavy atom. The highest BCUT2D eigenvalue weighted by molar-refractivity contribution is 7.47. The van der Waals surface area contributed by atoms with Gasteiger partial charge in [0, 0.05) is 25.7 Å². The summed E-state index contributed by atoms with van der Waals surface area (Å²) >= 11 is 0. The Balaban J connectivity index is 5.21. The highest BCUT2D eigenvalue weighted by Crippen LogP contribution is 2.45. The third-order valence-corrected chi connectivity index (χ3v) is 21.6. The zero-order valence-corrected chi connectivity index (χ0v) is 66.9. The molecule has 0 rings (SSSR count). The van der Waals surface area contributed by atoms with Crippen LogP contribution in [0.3, 0.4) is 0 Å². The fourth-order valence-electron chi connectivity index (χ4n) is 12.2. The molecule has 99 heavy (non-hydrogen) atoms. The van der Waals surface area contributed by atoms with E-state index in [1.165, 1.54) is 205 Å². The number of rotatable bonds is 77. The summed E-state index contributed by atoms with van der Waals surface area (Å²) < 4.78 is 68.6. The maximum atomic E-state index is 13.1. The molecule has 8 atom stereocenters. The Labute approximate surface area is 607 Å². The first-order valence-corrected chi connectivity index (χ1v) is 44.3. The van der Waals surface area contributed by atoms with Crippen LogP contribution in [0.5, 0.6) is 0 Å². The van der Waals surface area contributed by atoms with Crippen LogP contribution in [-0.4, -0.2) is 96.7 Å². The maximum Gasteiger partial charge on any atom is 0.472 e. The van der Waals surface area contributed by atoms with Crippen molar-refractivity contribution in [3.8, 4) is 0 Å². The number of hydrogen-bond donors (Lipinski definition) is 3. The van der Waals surface area contributed by atoms with E-state index in [0.717, 1.165) is 114 Å². The molecule has 0 heterocycles. The quantitative estimate of drug-likeness (QED) is 0.0222. The minimum absolute atomic E-state index is 0.105. The van der Waals surface area contributed by atoms with E-state index in [9.17, 15) is 43.2 Å². The predicted octanol–water partition coefficient (Wildman–Crippen LogP) is 23.6. The van der Waals surface area contributed by atoms with Gasteiger partial charge < -0.3 is 33.8 Å². The van der Waals surface area contributed by atoms with E-state index in [1.807, 2.05) is 0 Å². The Bertz CT molecular complexity index is 1940. The molecule has 588 valence electrons. The van der Waals surface area contributed by atoms with E-state index in [2.05, 4.69) is 55.4 Å². The number of ether oxygens (including phenoxy) is 4. The Hall–Kier alpha value is -1.94. The molecule has 19 heteroatoms. The molecule has 0 aliphatic rings. The van der Waals surface area contributed by atoms with Crippen LogP contribution < -0.4 is 0 Å². The van der Waals surface area contributed by atoms with Crippen molar-refractivity contribution in [2.24, 2.45) is 23.7 Å². The minimum atomic E-state index is -4.96. The van der Waals surface area contributed by atoms with Crippen LogP contribution in [0.2, 0.25) is 0 Å². The van der Waals surface area contributed by atoms with E-state index >= 15 is 0 Å². The van der Waals surface area contributed by atoms with Crippen molar-refractivity contribution >= 4 is 39.5 Å². The molecule has 0 saturated heterocycles. The second-order valence-electron chi connectivity index (χ2n) is 30.0. The largest absolute Gasteiger partial charge is 0.472 e. The molecule has 0 aliphatic heterocycles. The second kappa shape index (κ2) is 69.1. The third kappa shape index (κ3) is 70.2. The monoisotopic (exact) mass is 1450 g/mol. The van der Waals surface area contributed by atoms with Crippen molar-refractivity contribution in [3.63, 3.8) is 0 Å². The van der Waals surface area contributed by atoms with E-state index in [1.54, 1.807) is 0 Å². The number of aliphatic hydroxyl groups excluding tert-OH is 1. The molecule has 0 aliphatic carbocycles. The number of unbranched alkanes of at least 4 members (excludes halogenated alkanes) is 40. The van der Waals surface area contributed by atoms with Gasteiger partial charge >= 0.3 is 39.5 Å². The lowest BCUT2D eigenvalue weighted by Gasteiger charge is -2.21. The zero-order valence-electron chi connectivity index (χ0n) is 65.1. The Morgan fingerprint density at radius 1 is 0.283 bits per heavy atom. The molecule has 0 aromatic carbocycles. The SMILES string of the molecule is CCC(C)CCCCCCCCCCCCCCCCCCCCC(=O)O[C@H](COC(=O)CCCCCCCCCCCCC(C)CC)COP(=O)(O)OC[C@@H](O)COP(=O)(O)OC[C@@H](COC(=O)CCCCCCCCC(C)C)OC(=O)CCCCCCCCCCCCC(C)CC. The fraction of sp³-hybridized carbons (Fsp3) is 0.950. The van der Waals surface area contributed by atoms with Gasteiger partial charge in [0.1, 0.15) is 19.3 Å². The minimum Gasteiger partial charge on any atom is -0.462 e. The lowest BCUT2D eigenvalue weighted by atomic mass is 9.99. The van der Waals surface area contributed by atoms with Gasteiger partial charge in [0.15, 0.2) is 12.2 Å². The number of aliphatic hydroxyl groups is 1. The van der Waals surface area contributed by atoms with Gasteiger partial charge in [-0.1, -0.05) is 357 Å². The summed E-state index contributed by atoms with van der Waals surface area (Å²) in [6, 6.07) is 0. The van der Waals surface area contributed by atoms with Crippen LogP contribution >= 0.6 is 15.6 Å². The first kappa shape index (κ1) is 97.1. The van der Waals surface area contributed by atoms with Crippen LogP contribution in [0.25, 0.3) is 0 Å². The smallest absolute Gasteiger partial charge is 0.462 e. The third-order valence-electron chi connectivity index (χ3n) is 19.7. The van der Waals surface area contributed by atoms with Crippen molar-refractivity contribution in [1.29, 1.82) is 0 Å². The molecule has 0 bridgehead atoms. The molecule has 0 fully saturated rings. The van der Waals surface area contributed by atoms with E-state index in [0.29, 0.717) is 31.6 Å². The van der Waals surface area contributed by atoms with Gasteiger partial charge in [-0.05, 0) is 49.4 Å². The number of esters is 4. The van der Waals surface area contributed by atoms with Gasteiger partial charge in [-0.15, -0.1) is 0 Å². The van der Waals surface area contributed by atoms with Crippen molar-refractivity contribution in [3.05, 3.63) is 0 Å². The summed E-state index contributed by atoms with van der Waals surface area (Å²) in [6.07, 6.45) is 55.5.